The second kappa shape index (κ2) is 12.9. The van der Waals surface area contributed by atoms with Gasteiger partial charge in [-0.15, -0.1) is 10.2 Å². The van der Waals surface area contributed by atoms with Gasteiger partial charge in [0.25, 0.3) is 0 Å². The summed E-state index contributed by atoms with van der Waals surface area (Å²) in [5.74, 6) is 0. The molecule has 0 spiro atoms. The first-order valence-electron chi connectivity index (χ1n) is 17.8. The quantitative estimate of drug-likeness (QED) is 0.176. The number of hydrogen-bond donors (Lipinski definition) is 0. The highest BCUT2D eigenvalue weighted by molar-refractivity contribution is 5.96. The van der Waals surface area contributed by atoms with E-state index in [0.717, 1.165) is 50.1 Å². The van der Waals surface area contributed by atoms with Crippen molar-refractivity contribution in [2.45, 2.75) is 0 Å². The lowest BCUT2D eigenvalue weighted by Crippen LogP contribution is -1.98. The van der Waals surface area contributed by atoms with E-state index in [-0.39, 0.29) is 0 Å². The van der Waals surface area contributed by atoms with E-state index in [0.29, 0.717) is 0 Å². The number of aromatic nitrogens is 4. The average Bonchev–Trinajstić information content (AvgIpc) is 3.68. The van der Waals surface area contributed by atoms with Gasteiger partial charge in [-0.25, -0.2) is 0 Å². The first-order chi connectivity index (χ1) is 26.2. The molecule has 0 fully saturated rings. The standard InChI is InChI=1S/C49H32N4/c1-3-8-40-28-43(22-18-33(40)6-1)35-12-14-37(15-13-35)45-31-47(39-20-16-36(17-21-39)44-23-19-34-7-2-4-9-41(34)29-44)49-48(32-45)51-53(52-49)46-11-5-10-42(30-46)38-24-26-50-27-25-38/h1-32H. The molecule has 0 N–H and O–H groups in total. The summed E-state index contributed by atoms with van der Waals surface area (Å²) >= 11 is 0. The fraction of sp³-hybridized carbons (Fsp3) is 0. The van der Waals surface area contributed by atoms with Crippen LogP contribution in [0.2, 0.25) is 0 Å². The van der Waals surface area contributed by atoms with Crippen molar-refractivity contribution in [3.8, 4) is 61.3 Å². The molecule has 0 saturated carbocycles. The van der Waals surface area contributed by atoms with E-state index in [1.807, 2.05) is 36.7 Å². The third kappa shape index (κ3) is 5.82. The summed E-state index contributed by atoms with van der Waals surface area (Å²) in [6.45, 7) is 0. The van der Waals surface area contributed by atoms with Crippen LogP contribution in [0.25, 0.3) is 93.9 Å². The molecular formula is C49H32N4. The number of hydrogen-bond acceptors (Lipinski definition) is 3. The molecule has 8 aromatic carbocycles. The fourth-order valence-electron chi connectivity index (χ4n) is 7.31. The van der Waals surface area contributed by atoms with Crippen LogP contribution in [0, 0.1) is 0 Å². The molecule has 0 radical (unpaired) electrons. The van der Waals surface area contributed by atoms with E-state index in [2.05, 4.69) is 163 Å². The van der Waals surface area contributed by atoms with Crippen LogP contribution in [-0.2, 0) is 0 Å². The monoisotopic (exact) mass is 676 g/mol. The predicted molar refractivity (Wildman–Crippen MR) is 219 cm³/mol. The van der Waals surface area contributed by atoms with Gasteiger partial charge < -0.3 is 0 Å². The molecule has 10 aromatic rings. The predicted octanol–water partition coefficient (Wildman–Crippen LogP) is 12.5. The molecule has 0 atom stereocenters. The van der Waals surface area contributed by atoms with Crippen molar-refractivity contribution in [2.24, 2.45) is 0 Å². The highest BCUT2D eigenvalue weighted by Crippen LogP contribution is 2.36. The van der Waals surface area contributed by atoms with Gasteiger partial charge in [-0.05, 0) is 120 Å². The summed E-state index contributed by atoms with van der Waals surface area (Å²) in [5, 5.41) is 15.2. The van der Waals surface area contributed by atoms with Gasteiger partial charge in [-0.1, -0.05) is 133 Å². The van der Waals surface area contributed by atoms with E-state index >= 15 is 0 Å². The second-order valence-corrected chi connectivity index (χ2v) is 13.4. The summed E-state index contributed by atoms with van der Waals surface area (Å²) < 4.78 is 0. The van der Waals surface area contributed by atoms with Crippen LogP contribution in [0.4, 0.5) is 0 Å². The SMILES string of the molecule is c1cc(-c2ccncc2)cc(-n2nc3cc(-c4ccc(-c5ccc6ccccc6c5)cc4)cc(-c4ccc(-c5ccc6ccccc6c5)cc4)c3n2)c1. The molecular weight excluding hydrogens is 645 g/mol. The van der Waals surface area contributed by atoms with Crippen LogP contribution in [0.5, 0.6) is 0 Å². The Labute approximate surface area is 307 Å². The van der Waals surface area contributed by atoms with Crippen LogP contribution in [0.15, 0.2) is 194 Å². The van der Waals surface area contributed by atoms with E-state index < -0.39 is 0 Å². The third-order valence-corrected chi connectivity index (χ3v) is 10.2. The van der Waals surface area contributed by atoms with Gasteiger partial charge >= 0.3 is 0 Å². The molecule has 2 aromatic heterocycles. The van der Waals surface area contributed by atoms with Gasteiger partial charge in [-0.3, -0.25) is 4.98 Å². The zero-order valence-corrected chi connectivity index (χ0v) is 28.8. The topological polar surface area (TPSA) is 43.6 Å². The number of pyridine rings is 1. The lowest BCUT2D eigenvalue weighted by molar-refractivity contribution is 0.766. The minimum absolute atomic E-state index is 0.837. The molecule has 0 aliphatic heterocycles. The van der Waals surface area contributed by atoms with Gasteiger partial charge in [0.1, 0.15) is 11.0 Å². The Balaban J connectivity index is 1.07. The maximum atomic E-state index is 5.12. The summed E-state index contributed by atoms with van der Waals surface area (Å²) in [5.41, 5.74) is 13.9. The molecule has 4 heteroatoms. The Hall–Kier alpha value is -7.17. The third-order valence-electron chi connectivity index (χ3n) is 10.2. The minimum Gasteiger partial charge on any atom is -0.265 e. The Bertz CT molecular complexity index is 2930. The highest BCUT2D eigenvalue weighted by Gasteiger charge is 2.15. The Morgan fingerprint density at radius 3 is 1.45 bits per heavy atom. The number of rotatable bonds is 6. The van der Waals surface area contributed by atoms with Crippen molar-refractivity contribution in [3.05, 3.63) is 194 Å². The zero-order valence-electron chi connectivity index (χ0n) is 28.8. The average molecular weight is 677 g/mol. The van der Waals surface area contributed by atoms with Gasteiger partial charge in [0.15, 0.2) is 0 Å². The normalized spacial score (nSPS) is 11.4. The Morgan fingerprint density at radius 2 is 0.830 bits per heavy atom. The van der Waals surface area contributed by atoms with Gasteiger partial charge in [0, 0.05) is 18.0 Å². The molecule has 10 rings (SSSR count). The van der Waals surface area contributed by atoms with Crippen molar-refractivity contribution in [1.29, 1.82) is 0 Å². The molecule has 0 unspecified atom stereocenters. The summed E-state index contributed by atoms with van der Waals surface area (Å²) in [4.78, 5) is 5.95. The van der Waals surface area contributed by atoms with Crippen molar-refractivity contribution in [2.75, 3.05) is 0 Å². The first-order valence-corrected chi connectivity index (χ1v) is 17.8. The maximum absolute atomic E-state index is 5.12. The van der Waals surface area contributed by atoms with E-state index in [1.165, 1.54) is 43.8 Å². The highest BCUT2D eigenvalue weighted by atomic mass is 15.5. The maximum Gasteiger partial charge on any atom is 0.121 e. The van der Waals surface area contributed by atoms with E-state index in [9.17, 15) is 0 Å². The van der Waals surface area contributed by atoms with E-state index in [4.69, 9.17) is 10.2 Å². The van der Waals surface area contributed by atoms with Crippen molar-refractivity contribution in [3.63, 3.8) is 0 Å². The molecule has 0 aliphatic rings. The number of benzene rings is 8. The lowest BCUT2D eigenvalue weighted by Gasteiger charge is -2.10. The van der Waals surface area contributed by atoms with Gasteiger partial charge in [0.2, 0.25) is 0 Å². The second-order valence-electron chi connectivity index (χ2n) is 13.4. The van der Waals surface area contributed by atoms with Gasteiger partial charge in [0.05, 0.1) is 5.69 Å². The molecule has 248 valence electrons. The fourth-order valence-corrected chi connectivity index (χ4v) is 7.31. The Morgan fingerprint density at radius 1 is 0.321 bits per heavy atom. The number of fused-ring (bicyclic) bond motifs is 3. The summed E-state index contributed by atoms with van der Waals surface area (Å²) in [6.07, 6.45) is 3.63. The summed E-state index contributed by atoms with van der Waals surface area (Å²) in [6, 6.07) is 64.7. The van der Waals surface area contributed by atoms with Crippen LogP contribution >= 0.6 is 0 Å². The number of nitrogens with zero attached hydrogens (tertiary/aromatic N) is 4. The molecule has 0 amide bonds. The van der Waals surface area contributed by atoms with Crippen molar-refractivity contribution in [1.82, 2.24) is 20.0 Å². The molecule has 53 heavy (non-hydrogen) atoms. The molecule has 0 bridgehead atoms. The van der Waals surface area contributed by atoms with Crippen LogP contribution in [0.3, 0.4) is 0 Å². The van der Waals surface area contributed by atoms with Crippen LogP contribution in [0.1, 0.15) is 0 Å². The molecule has 0 aliphatic carbocycles. The van der Waals surface area contributed by atoms with Crippen LogP contribution in [-0.4, -0.2) is 20.0 Å². The molecule has 2 heterocycles. The van der Waals surface area contributed by atoms with Crippen molar-refractivity contribution < 1.29 is 0 Å². The lowest BCUT2D eigenvalue weighted by atomic mass is 9.94. The molecule has 4 nitrogen and oxygen atoms in total. The first kappa shape index (κ1) is 30.6. The van der Waals surface area contributed by atoms with Crippen LogP contribution < -0.4 is 0 Å². The minimum atomic E-state index is 0.837. The smallest absolute Gasteiger partial charge is 0.121 e. The van der Waals surface area contributed by atoms with E-state index in [1.54, 1.807) is 4.80 Å². The zero-order chi connectivity index (χ0) is 35.1. The largest absolute Gasteiger partial charge is 0.265 e. The molecule has 0 saturated heterocycles. The Kier molecular flexibility index (Phi) is 7.43. The van der Waals surface area contributed by atoms with Crippen molar-refractivity contribution >= 4 is 32.6 Å². The van der Waals surface area contributed by atoms with Gasteiger partial charge in [-0.2, -0.15) is 4.80 Å². The summed E-state index contributed by atoms with van der Waals surface area (Å²) in [7, 11) is 0.